The second kappa shape index (κ2) is 9.50. The van der Waals surface area contributed by atoms with E-state index in [0.29, 0.717) is 5.56 Å². The number of nitrogens with two attached hydrogens (primary N) is 1. The minimum atomic E-state index is -1.45. The monoisotopic (exact) mass is 368 g/mol. The van der Waals surface area contributed by atoms with Gasteiger partial charge in [0.1, 0.15) is 11.9 Å². The smallest absolute Gasteiger partial charge is 0.320 e. The molecule has 1 aromatic rings. The maximum Gasteiger partial charge on any atom is 0.320 e. The number of amides is 2. The second-order valence-corrected chi connectivity index (χ2v) is 5.64. The molecule has 0 aliphatic carbocycles. The molecule has 8 nitrogen and oxygen atoms in total. The van der Waals surface area contributed by atoms with Gasteiger partial charge in [-0.25, -0.2) is 4.39 Å². The van der Waals surface area contributed by atoms with Gasteiger partial charge in [0.25, 0.3) is 0 Å². The Bertz CT molecular complexity index is 678. The molecule has 26 heavy (non-hydrogen) atoms. The fourth-order valence-corrected chi connectivity index (χ4v) is 2.49. The Morgan fingerprint density at radius 1 is 1.15 bits per heavy atom. The van der Waals surface area contributed by atoms with Crippen molar-refractivity contribution in [3.8, 4) is 0 Å². The van der Waals surface area contributed by atoms with Gasteiger partial charge in [-0.05, 0) is 17.7 Å². The molecule has 0 radical (unpaired) electrons. The van der Waals surface area contributed by atoms with E-state index in [2.05, 4.69) is 14.8 Å². The van der Waals surface area contributed by atoms with Crippen LogP contribution in [0.15, 0.2) is 24.3 Å². The van der Waals surface area contributed by atoms with Crippen LogP contribution in [0.5, 0.6) is 0 Å². The zero-order valence-corrected chi connectivity index (χ0v) is 14.7. The fourth-order valence-electron chi connectivity index (χ4n) is 2.49. The standard InChI is InChI=1S/C17H21FN2O6/c1-9(13(16(23)25-2)17(24)26-3)14(15(19)22)20-12(21)8-10-5-4-6-11(18)7-10/h4-7,9,13-14H,8H2,1-3H3,(H2,19,22)(H,20,21)/t9-,14+/m0/s1. The Morgan fingerprint density at radius 2 is 1.73 bits per heavy atom. The van der Waals surface area contributed by atoms with Crippen LogP contribution < -0.4 is 11.1 Å². The summed E-state index contributed by atoms with van der Waals surface area (Å²) in [5, 5.41) is 2.37. The first-order chi connectivity index (χ1) is 12.2. The molecule has 2 amide bonds. The van der Waals surface area contributed by atoms with Crippen LogP contribution in [0.4, 0.5) is 4.39 Å². The zero-order valence-electron chi connectivity index (χ0n) is 14.7. The zero-order chi connectivity index (χ0) is 19.9. The maximum atomic E-state index is 13.2. The number of primary amides is 1. The van der Waals surface area contributed by atoms with E-state index in [9.17, 15) is 23.6 Å². The van der Waals surface area contributed by atoms with E-state index in [1.54, 1.807) is 0 Å². The van der Waals surface area contributed by atoms with Crippen LogP contribution in [0.25, 0.3) is 0 Å². The van der Waals surface area contributed by atoms with Crippen molar-refractivity contribution in [1.29, 1.82) is 0 Å². The maximum absolute atomic E-state index is 13.2. The Labute approximate surface area is 149 Å². The molecule has 2 atom stereocenters. The molecule has 1 aromatic carbocycles. The van der Waals surface area contributed by atoms with Gasteiger partial charge in [0.05, 0.1) is 20.6 Å². The highest BCUT2D eigenvalue weighted by Crippen LogP contribution is 2.19. The van der Waals surface area contributed by atoms with Gasteiger partial charge in [0.15, 0.2) is 5.92 Å². The fraction of sp³-hybridized carbons (Fsp3) is 0.412. The van der Waals surface area contributed by atoms with Gasteiger partial charge in [0, 0.05) is 5.92 Å². The summed E-state index contributed by atoms with van der Waals surface area (Å²) in [6, 6.07) is 4.05. The van der Waals surface area contributed by atoms with Gasteiger partial charge in [-0.1, -0.05) is 19.1 Å². The predicted molar refractivity (Wildman–Crippen MR) is 87.9 cm³/mol. The topological polar surface area (TPSA) is 125 Å². The van der Waals surface area contributed by atoms with Crippen molar-refractivity contribution in [2.75, 3.05) is 14.2 Å². The van der Waals surface area contributed by atoms with Gasteiger partial charge in [0.2, 0.25) is 11.8 Å². The minimum absolute atomic E-state index is 0.213. The molecule has 0 saturated heterocycles. The SMILES string of the molecule is COC(=O)C(C(=O)OC)[C@H](C)[C@@H](NC(=O)Cc1cccc(F)c1)C(N)=O. The Morgan fingerprint density at radius 3 is 2.19 bits per heavy atom. The van der Waals surface area contributed by atoms with Crippen molar-refractivity contribution in [2.24, 2.45) is 17.6 Å². The minimum Gasteiger partial charge on any atom is -0.468 e. The van der Waals surface area contributed by atoms with Crippen molar-refractivity contribution in [2.45, 2.75) is 19.4 Å². The van der Waals surface area contributed by atoms with Gasteiger partial charge >= 0.3 is 11.9 Å². The highest BCUT2D eigenvalue weighted by Gasteiger charge is 2.41. The number of esters is 2. The highest BCUT2D eigenvalue weighted by atomic mass is 19.1. The van der Waals surface area contributed by atoms with Crippen molar-refractivity contribution < 1.29 is 33.0 Å². The molecule has 0 aromatic heterocycles. The number of methoxy groups -OCH3 is 2. The second-order valence-electron chi connectivity index (χ2n) is 5.64. The van der Waals surface area contributed by atoms with Crippen LogP contribution in [0.2, 0.25) is 0 Å². The average molecular weight is 368 g/mol. The summed E-state index contributed by atoms with van der Waals surface area (Å²) in [5.41, 5.74) is 5.69. The first kappa shape index (κ1) is 21.1. The van der Waals surface area contributed by atoms with Crippen molar-refractivity contribution in [3.05, 3.63) is 35.6 Å². The van der Waals surface area contributed by atoms with E-state index < -0.39 is 47.4 Å². The van der Waals surface area contributed by atoms with Crippen molar-refractivity contribution in [1.82, 2.24) is 5.32 Å². The number of carbonyl (C=O) groups is 4. The molecule has 0 aliphatic heterocycles. The van der Waals surface area contributed by atoms with E-state index in [0.717, 1.165) is 14.2 Å². The molecule has 0 unspecified atom stereocenters. The van der Waals surface area contributed by atoms with Gasteiger partial charge in [-0.3, -0.25) is 19.2 Å². The Hall–Kier alpha value is -2.97. The summed E-state index contributed by atoms with van der Waals surface area (Å²) in [4.78, 5) is 47.7. The lowest BCUT2D eigenvalue weighted by molar-refractivity contribution is -0.162. The van der Waals surface area contributed by atoms with E-state index in [1.807, 2.05) is 0 Å². The molecule has 0 fully saturated rings. The Kier molecular flexibility index (Phi) is 7.70. The van der Waals surface area contributed by atoms with Gasteiger partial charge < -0.3 is 20.5 Å². The van der Waals surface area contributed by atoms with E-state index in [4.69, 9.17) is 5.73 Å². The lowest BCUT2D eigenvalue weighted by atomic mass is 9.86. The van der Waals surface area contributed by atoms with E-state index in [-0.39, 0.29) is 6.42 Å². The summed E-state index contributed by atoms with van der Waals surface area (Å²) in [6.45, 7) is 1.39. The van der Waals surface area contributed by atoms with Gasteiger partial charge in [-0.15, -0.1) is 0 Å². The summed E-state index contributed by atoms with van der Waals surface area (Å²) >= 11 is 0. The molecule has 9 heteroatoms. The van der Waals surface area contributed by atoms with Crippen LogP contribution in [0, 0.1) is 17.7 Å². The summed E-state index contributed by atoms with van der Waals surface area (Å²) in [6.07, 6.45) is -0.213. The average Bonchev–Trinajstić information content (AvgIpc) is 2.58. The molecule has 0 spiro atoms. The molecule has 0 aliphatic rings. The number of rotatable bonds is 8. The third-order valence-electron chi connectivity index (χ3n) is 3.84. The molecule has 3 N–H and O–H groups in total. The van der Waals surface area contributed by atoms with Crippen molar-refractivity contribution in [3.63, 3.8) is 0 Å². The number of carbonyl (C=O) groups excluding carboxylic acids is 4. The number of hydrogen-bond donors (Lipinski definition) is 2. The van der Waals surface area contributed by atoms with Crippen LogP contribution in [-0.4, -0.2) is 44.0 Å². The van der Waals surface area contributed by atoms with E-state index in [1.165, 1.54) is 31.2 Å². The molecule has 0 bridgehead atoms. The van der Waals surface area contributed by atoms with Crippen LogP contribution >= 0.6 is 0 Å². The summed E-state index contributed by atoms with van der Waals surface area (Å²) < 4.78 is 22.3. The first-order valence-electron chi connectivity index (χ1n) is 7.70. The largest absolute Gasteiger partial charge is 0.468 e. The quantitative estimate of drug-likeness (QED) is 0.489. The van der Waals surface area contributed by atoms with Crippen molar-refractivity contribution >= 4 is 23.8 Å². The molecule has 0 heterocycles. The number of halogens is 1. The number of nitrogens with one attached hydrogen (secondary N) is 1. The number of ether oxygens (including phenoxy) is 2. The third kappa shape index (κ3) is 5.54. The lowest BCUT2D eigenvalue weighted by Crippen LogP contribution is -2.53. The van der Waals surface area contributed by atoms with Gasteiger partial charge in [-0.2, -0.15) is 0 Å². The Balaban J connectivity index is 2.95. The normalized spacial score (nSPS) is 12.8. The summed E-state index contributed by atoms with van der Waals surface area (Å²) in [7, 11) is 2.15. The summed E-state index contributed by atoms with van der Waals surface area (Å²) in [5.74, 6) is -6.39. The molecule has 1 rings (SSSR count). The molecule has 0 saturated carbocycles. The van der Waals surface area contributed by atoms with Crippen LogP contribution in [0.3, 0.4) is 0 Å². The number of benzene rings is 1. The lowest BCUT2D eigenvalue weighted by Gasteiger charge is -2.26. The molecular weight excluding hydrogens is 347 g/mol. The number of hydrogen-bond acceptors (Lipinski definition) is 6. The highest BCUT2D eigenvalue weighted by molar-refractivity contribution is 5.97. The molecular formula is C17H21FN2O6. The van der Waals surface area contributed by atoms with E-state index >= 15 is 0 Å². The first-order valence-corrected chi connectivity index (χ1v) is 7.70. The van der Waals surface area contributed by atoms with Crippen LogP contribution in [0.1, 0.15) is 12.5 Å². The third-order valence-corrected chi connectivity index (χ3v) is 3.84. The predicted octanol–water partition coefficient (Wildman–Crippen LogP) is -0.0634. The van der Waals surface area contributed by atoms with Crippen LogP contribution in [-0.2, 0) is 35.1 Å². The molecule has 142 valence electrons.